The predicted molar refractivity (Wildman–Crippen MR) is 106 cm³/mol. The molecule has 1 aromatic heterocycles. The van der Waals surface area contributed by atoms with Crippen LogP contribution in [-0.2, 0) is 16.0 Å². The molecule has 7 heteroatoms. The standard InChI is InChI=1S/C20H30N4O3/c1-22(2)16-7-5-6-10-23(14-16)20-21-17-13-15(19(25)27-4)8-9-18(17)24(20)11-12-26-3/h8-9,13,16H,5-7,10-12,14H2,1-4H3/t16-/m0/s1. The van der Waals surface area contributed by atoms with Crippen LogP contribution in [0.25, 0.3) is 11.0 Å². The molecule has 1 fully saturated rings. The molecular weight excluding hydrogens is 344 g/mol. The zero-order chi connectivity index (χ0) is 19.4. The predicted octanol–water partition coefficient (Wildman–Crippen LogP) is 2.39. The minimum absolute atomic E-state index is 0.340. The minimum atomic E-state index is -0.340. The Bertz CT molecular complexity index is 787. The summed E-state index contributed by atoms with van der Waals surface area (Å²) < 4.78 is 12.4. The van der Waals surface area contributed by atoms with E-state index in [1.54, 1.807) is 13.2 Å². The topological polar surface area (TPSA) is 59.8 Å². The molecule has 1 atom stereocenters. The van der Waals surface area contributed by atoms with Crippen molar-refractivity contribution in [2.45, 2.75) is 31.8 Å². The van der Waals surface area contributed by atoms with Crippen molar-refractivity contribution in [3.63, 3.8) is 0 Å². The van der Waals surface area contributed by atoms with Crippen molar-refractivity contribution >= 4 is 23.0 Å². The van der Waals surface area contributed by atoms with Gasteiger partial charge in [-0.15, -0.1) is 0 Å². The normalized spacial score (nSPS) is 18.1. The Morgan fingerprint density at radius 1 is 1.30 bits per heavy atom. The van der Waals surface area contributed by atoms with Gasteiger partial charge in [-0.3, -0.25) is 0 Å². The molecule has 0 spiro atoms. The Hall–Kier alpha value is -2.12. The van der Waals surface area contributed by atoms with Gasteiger partial charge in [-0.2, -0.15) is 0 Å². The molecule has 148 valence electrons. The number of benzene rings is 1. The molecule has 3 rings (SSSR count). The zero-order valence-electron chi connectivity index (χ0n) is 16.8. The van der Waals surface area contributed by atoms with Crippen LogP contribution in [0.1, 0.15) is 29.6 Å². The highest BCUT2D eigenvalue weighted by atomic mass is 16.5. The van der Waals surface area contributed by atoms with Gasteiger partial charge in [-0.05, 0) is 45.1 Å². The van der Waals surface area contributed by atoms with Crippen LogP contribution in [0.2, 0.25) is 0 Å². The van der Waals surface area contributed by atoms with Crippen LogP contribution < -0.4 is 4.90 Å². The summed E-state index contributed by atoms with van der Waals surface area (Å²) in [7, 11) is 7.39. The van der Waals surface area contributed by atoms with Crippen molar-refractivity contribution < 1.29 is 14.3 Å². The number of fused-ring (bicyclic) bond motifs is 1. The maximum absolute atomic E-state index is 11.9. The molecular formula is C20H30N4O3. The lowest BCUT2D eigenvalue weighted by Gasteiger charge is -2.29. The highest BCUT2D eigenvalue weighted by Crippen LogP contribution is 2.27. The number of imidazole rings is 1. The maximum atomic E-state index is 11.9. The SMILES string of the molecule is COCCn1c(N2CCCC[C@H](N(C)C)C2)nc2cc(C(=O)OC)ccc21. The second kappa shape index (κ2) is 8.71. The third-order valence-corrected chi connectivity index (χ3v) is 5.33. The average molecular weight is 374 g/mol. The lowest BCUT2D eigenvalue weighted by molar-refractivity contribution is 0.0601. The molecule has 2 heterocycles. The summed E-state index contributed by atoms with van der Waals surface area (Å²) in [5.74, 6) is 0.616. The number of anilines is 1. The number of rotatable bonds is 6. The summed E-state index contributed by atoms with van der Waals surface area (Å²) in [5.41, 5.74) is 2.35. The molecule has 0 bridgehead atoms. The van der Waals surface area contributed by atoms with Crippen LogP contribution in [0.5, 0.6) is 0 Å². The van der Waals surface area contributed by atoms with Gasteiger partial charge in [-0.25, -0.2) is 9.78 Å². The lowest BCUT2D eigenvalue weighted by Crippen LogP contribution is -2.40. The second-order valence-corrected chi connectivity index (χ2v) is 7.31. The molecule has 0 saturated carbocycles. The number of aromatic nitrogens is 2. The summed E-state index contributed by atoms with van der Waals surface area (Å²) >= 11 is 0. The van der Waals surface area contributed by atoms with Gasteiger partial charge in [-0.1, -0.05) is 6.42 Å². The van der Waals surface area contributed by atoms with Crippen molar-refractivity contribution in [3.05, 3.63) is 23.8 Å². The molecule has 1 saturated heterocycles. The van der Waals surface area contributed by atoms with Gasteiger partial charge < -0.3 is 23.8 Å². The molecule has 1 aromatic carbocycles. The number of hydrogen-bond donors (Lipinski definition) is 0. The van der Waals surface area contributed by atoms with Crippen molar-refractivity contribution in [1.82, 2.24) is 14.5 Å². The van der Waals surface area contributed by atoms with E-state index in [0.29, 0.717) is 18.2 Å². The van der Waals surface area contributed by atoms with Crippen LogP contribution in [0.4, 0.5) is 5.95 Å². The summed E-state index contributed by atoms with van der Waals surface area (Å²) in [6, 6.07) is 6.08. The molecule has 1 aliphatic heterocycles. The molecule has 0 unspecified atom stereocenters. The molecule has 27 heavy (non-hydrogen) atoms. The third kappa shape index (κ3) is 4.25. The first kappa shape index (κ1) is 19.6. The quantitative estimate of drug-likeness (QED) is 0.724. The smallest absolute Gasteiger partial charge is 0.337 e. The largest absolute Gasteiger partial charge is 0.465 e. The molecule has 0 aliphatic carbocycles. The number of carbonyl (C=O) groups is 1. The number of ether oxygens (including phenoxy) is 2. The number of esters is 1. The summed E-state index contributed by atoms with van der Waals surface area (Å²) in [5, 5.41) is 0. The van der Waals surface area contributed by atoms with Gasteiger partial charge in [0.1, 0.15) is 0 Å². The molecule has 0 amide bonds. The number of hydrogen-bond acceptors (Lipinski definition) is 6. The summed E-state index contributed by atoms with van der Waals surface area (Å²) in [6.07, 6.45) is 3.59. The van der Waals surface area contributed by atoms with Gasteiger partial charge in [0.15, 0.2) is 0 Å². The van der Waals surface area contributed by atoms with E-state index < -0.39 is 0 Å². The Morgan fingerprint density at radius 2 is 2.11 bits per heavy atom. The van der Waals surface area contributed by atoms with Crippen molar-refractivity contribution in [3.8, 4) is 0 Å². The van der Waals surface area contributed by atoms with Crippen molar-refractivity contribution in [2.75, 3.05) is 52.9 Å². The van der Waals surface area contributed by atoms with Crippen molar-refractivity contribution in [1.29, 1.82) is 0 Å². The molecule has 7 nitrogen and oxygen atoms in total. The first-order valence-corrected chi connectivity index (χ1v) is 9.54. The summed E-state index contributed by atoms with van der Waals surface area (Å²) in [6.45, 7) is 3.28. The maximum Gasteiger partial charge on any atom is 0.337 e. The van der Waals surface area contributed by atoms with Gasteiger partial charge >= 0.3 is 5.97 Å². The monoisotopic (exact) mass is 374 g/mol. The van der Waals surface area contributed by atoms with Crippen molar-refractivity contribution in [2.24, 2.45) is 0 Å². The van der Waals surface area contributed by atoms with E-state index in [9.17, 15) is 4.79 Å². The molecule has 2 aromatic rings. The summed E-state index contributed by atoms with van der Waals surface area (Å²) in [4.78, 5) is 21.5. The van der Waals surface area contributed by atoms with Gasteiger partial charge in [0.05, 0.1) is 30.3 Å². The van der Waals surface area contributed by atoms with Gasteiger partial charge in [0.2, 0.25) is 5.95 Å². The fraction of sp³-hybridized carbons (Fsp3) is 0.600. The molecule has 0 radical (unpaired) electrons. The van der Waals surface area contributed by atoms with Crippen LogP contribution in [0.15, 0.2) is 18.2 Å². The number of nitrogens with zero attached hydrogens (tertiary/aromatic N) is 4. The molecule has 1 aliphatic rings. The Kier molecular flexibility index (Phi) is 6.34. The van der Waals surface area contributed by atoms with E-state index >= 15 is 0 Å². The van der Waals surface area contributed by atoms with E-state index in [2.05, 4.69) is 28.5 Å². The van der Waals surface area contributed by atoms with Crippen LogP contribution in [0.3, 0.4) is 0 Å². The second-order valence-electron chi connectivity index (χ2n) is 7.31. The number of likely N-dealkylation sites (N-methyl/N-ethyl adjacent to an activating group) is 1. The first-order valence-electron chi connectivity index (χ1n) is 9.54. The van der Waals surface area contributed by atoms with E-state index in [-0.39, 0.29) is 5.97 Å². The van der Waals surface area contributed by atoms with Gasteiger partial charge in [0.25, 0.3) is 0 Å². The van der Waals surface area contributed by atoms with Crippen LogP contribution in [0, 0.1) is 0 Å². The average Bonchev–Trinajstić information content (AvgIpc) is 2.85. The Morgan fingerprint density at radius 3 is 2.81 bits per heavy atom. The van der Waals surface area contributed by atoms with Crippen LogP contribution in [-0.4, -0.2) is 74.5 Å². The fourth-order valence-electron chi connectivity index (χ4n) is 3.73. The molecule has 0 N–H and O–H groups in total. The van der Waals surface area contributed by atoms with Crippen LogP contribution >= 0.6 is 0 Å². The Labute approximate surface area is 160 Å². The van der Waals surface area contributed by atoms with E-state index in [1.807, 2.05) is 12.1 Å². The highest BCUT2D eigenvalue weighted by Gasteiger charge is 2.24. The third-order valence-electron chi connectivity index (χ3n) is 5.33. The first-order chi connectivity index (χ1) is 13.0. The van der Waals surface area contributed by atoms with E-state index in [0.717, 1.165) is 43.0 Å². The fourth-order valence-corrected chi connectivity index (χ4v) is 3.73. The zero-order valence-corrected chi connectivity index (χ0v) is 16.8. The Balaban J connectivity index is 2.02. The lowest BCUT2D eigenvalue weighted by atomic mass is 10.1. The number of methoxy groups -OCH3 is 2. The van der Waals surface area contributed by atoms with E-state index in [1.165, 1.54) is 20.0 Å². The number of carbonyl (C=O) groups excluding carboxylic acids is 1. The highest BCUT2D eigenvalue weighted by molar-refractivity contribution is 5.94. The van der Waals surface area contributed by atoms with E-state index in [4.69, 9.17) is 14.5 Å². The van der Waals surface area contributed by atoms with Gasteiger partial charge in [0, 0.05) is 32.8 Å². The minimum Gasteiger partial charge on any atom is -0.465 e.